The third-order valence-corrected chi connectivity index (χ3v) is 3.41. The van der Waals surface area contributed by atoms with E-state index in [1.54, 1.807) is 25.2 Å². The zero-order valence-corrected chi connectivity index (χ0v) is 10.9. The molecule has 0 aliphatic carbocycles. The average molecular weight is 319 g/mol. The molecule has 0 aromatic carbocycles. The molecule has 0 unspecified atom stereocenters. The van der Waals surface area contributed by atoms with Gasteiger partial charge in [-0.3, -0.25) is 4.79 Å². The standard InChI is InChI=1S/C10H10INOS/c1-4-10(2,3)12-9(13)7-5-8(11)14-6-7/h1,5-6H,2-3H3,(H,12,13). The first-order valence-corrected chi connectivity index (χ1v) is 5.95. The summed E-state index contributed by atoms with van der Waals surface area (Å²) in [6.45, 7) is 3.59. The molecule has 0 spiro atoms. The van der Waals surface area contributed by atoms with Crippen LogP contribution in [-0.4, -0.2) is 11.4 Å². The van der Waals surface area contributed by atoms with Crippen LogP contribution in [0.3, 0.4) is 0 Å². The Balaban J connectivity index is 2.74. The Kier molecular flexibility index (Phi) is 3.56. The zero-order chi connectivity index (χ0) is 10.8. The van der Waals surface area contributed by atoms with E-state index < -0.39 is 5.54 Å². The molecule has 14 heavy (non-hydrogen) atoms. The molecule has 1 aromatic heterocycles. The molecule has 0 saturated carbocycles. The van der Waals surface area contributed by atoms with Crippen LogP contribution in [0.25, 0.3) is 0 Å². The molecule has 0 bridgehead atoms. The molecule has 0 radical (unpaired) electrons. The lowest BCUT2D eigenvalue weighted by molar-refractivity contribution is 0.0930. The van der Waals surface area contributed by atoms with Crippen LogP contribution in [0.15, 0.2) is 11.4 Å². The molecule has 1 amide bonds. The van der Waals surface area contributed by atoms with E-state index in [2.05, 4.69) is 33.8 Å². The van der Waals surface area contributed by atoms with Crippen molar-refractivity contribution in [3.63, 3.8) is 0 Å². The first-order valence-electron chi connectivity index (χ1n) is 3.99. The number of hydrogen-bond donors (Lipinski definition) is 1. The number of halogens is 1. The van der Waals surface area contributed by atoms with Gasteiger partial charge in [-0.05, 0) is 42.5 Å². The predicted octanol–water partition coefficient (Wildman–Crippen LogP) is 2.49. The maximum Gasteiger partial charge on any atom is 0.253 e. The number of amides is 1. The maximum atomic E-state index is 11.6. The van der Waals surface area contributed by atoms with E-state index >= 15 is 0 Å². The van der Waals surface area contributed by atoms with Gasteiger partial charge in [0.05, 0.1) is 14.0 Å². The first-order chi connectivity index (χ1) is 6.44. The summed E-state index contributed by atoms with van der Waals surface area (Å²) in [6, 6.07) is 1.84. The van der Waals surface area contributed by atoms with Crippen molar-refractivity contribution in [2.45, 2.75) is 19.4 Å². The zero-order valence-electron chi connectivity index (χ0n) is 7.93. The molecular formula is C10H10INOS. The molecule has 0 aliphatic rings. The van der Waals surface area contributed by atoms with Crippen LogP contribution in [-0.2, 0) is 0 Å². The fourth-order valence-electron chi connectivity index (χ4n) is 0.821. The number of carbonyl (C=O) groups is 1. The Morgan fingerprint density at radius 2 is 2.36 bits per heavy atom. The van der Waals surface area contributed by atoms with Crippen molar-refractivity contribution in [1.82, 2.24) is 5.32 Å². The lowest BCUT2D eigenvalue weighted by Crippen LogP contribution is -2.41. The van der Waals surface area contributed by atoms with Crippen LogP contribution < -0.4 is 5.32 Å². The lowest BCUT2D eigenvalue weighted by atomic mass is 10.1. The Hall–Kier alpha value is -0.540. The molecule has 1 rings (SSSR count). The van der Waals surface area contributed by atoms with Gasteiger partial charge >= 0.3 is 0 Å². The van der Waals surface area contributed by atoms with Gasteiger partial charge in [-0.15, -0.1) is 17.8 Å². The van der Waals surface area contributed by atoms with Crippen molar-refractivity contribution >= 4 is 39.8 Å². The highest BCUT2D eigenvalue weighted by Crippen LogP contribution is 2.17. The summed E-state index contributed by atoms with van der Waals surface area (Å²) in [7, 11) is 0. The van der Waals surface area contributed by atoms with Gasteiger partial charge in [-0.25, -0.2) is 0 Å². The minimum Gasteiger partial charge on any atom is -0.336 e. The quantitative estimate of drug-likeness (QED) is 0.659. The molecule has 2 nitrogen and oxygen atoms in total. The van der Waals surface area contributed by atoms with Crippen LogP contribution in [0.1, 0.15) is 24.2 Å². The van der Waals surface area contributed by atoms with Crippen LogP contribution in [0.4, 0.5) is 0 Å². The van der Waals surface area contributed by atoms with E-state index in [1.165, 1.54) is 0 Å². The van der Waals surface area contributed by atoms with Crippen LogP contribution in [0.2, 0.25) is 0 Å². The molecular weight excluding hydrogens is 309 g/mol. The Morgan fingerprint density at radius 1 is 1.71 bits per heavy atom. The number of thiophene rings is 1. The lowest BCUT2D eigenvalue weighted by Gasteiger charge is -2.18. The highest BCUT2D eigenvalue weighted by Gasteiger charge is 2.18. The van der Waals surface area contributed by atoms with E-state index in [9.17, 15) is 4.79 Å². The second kappa shape index (κ2) is 4.32. The van der Waals surface area contributed by atoms with Gasteiger partial charge in [0, 0.05) is 5.38 Å². The van der Waals surface area contributed by atoms with E-state index in [1.807, 2.05) is 11.4 Å². The molecule has 0 aliphatic heterocycles. The summed E-state index contributed by atoms with van der Waals surface area (Å²) >= 11 is 3.72. The summed E-state index contributed by atoms with van der Waals surface area (Å²) in [5, 5.41) is 4.59. The van der Waals surface area contributed by atoms with Gasteiger partial charge in [0.15, 0.2) is 0 Å². The summed E-state index contributed by atoms with van der Waals surface area (Å²) in [5.41, 5.74) is 0.0764. The average Bonchev–Trinajstić information content (AvgIpc) is 2.51. The molecule has 1 aromatic rings. The van der Waals surface area contributed by atoms with Crippen molar-refractivity contribution in [2.24, 2.45) is 0 Å². The third kappa shape index (κ3) is 3.00. The highest BCUT2D eigenvalue weighted by molar-refractivity contribution is 14.1. The number of nitrogens with one attached hydrogen (secondary N) is 1. The van der Waals surface area contributed by atoms with Gasteiger partial charge in [0.25, 0.3) is 5.91 Å². The van der Waals surface area contributed by atoms with Crippen LogP contribution in [0.5, 0.6) is 0 Å². The SMILES string of the molecule is C#CC(C)(C)NC(=O)c1csc(I)c1. The third-order valence-electron chi connectivity index (χ3n) is 1.62. The smallest absolute Gasteiger partial charge is 0.253 e. The molecule has 0 saturated heterocycles. The summed E-state index contributed by atoms with van der Waals surface area (Å²) in [5.74, 6) is 2.40. The number of terminal acetylenes is 1. The van der Waals surface area contributed by atoms with Gasteiger partial charge in [0.2, 0.25) is 0 Å². The monoisotopic (exact) mass is 319 g/mol. The van der Waals surface area contributed by atoms with E-state index in [-0.39, 0.29) is 5.91 Å². The summed E-state index contributed by atoms with van der Waals surface area (Å²) in [6.07, 6.45) is 5.27. The second-order valence-electron chi connectivity index (χ2n) is 3.36. The van der Waals surface area contributed by atoms with E-state index in [0.29, 0.717) is 5.56 Å². The van der Waals surface area contributed by atoms with Crippen LogP contribution >= 0.6 is 33.9 Å². The summed E-state index contributed by atoms with van der Waals surface area (Å²) in [4.78, 5) is 11.6. The Morgan fingerprint density at radius 3 is 2.79 bits per heavy atom. The van der Waals surface area contributed by atoms with Crippen molar-refractivity contribution in [2.75, 3.05) is 0 Å². The van der Waals surface area contributed by atoms with Gasteiger partial charge in [-0.1, -0.05) is 5.92 Å². The number of hydrogen-bond acceptors (Lipinski definition) is 2. The van der Waals surface area contributed by atoms with Gasteiger partial charge in [-0.2, -0.15) is 0 Å². The Bertz CT molecular complexity index is 389. The molecule has 1 heterocycles. The largest absolute Gasteiger partial charge is 0.336 e. The molecule has 4 heteroatoms. The fourth-order valence-corrected chi connectivity index (χ4v) is 2.15. The highest BCUT2D eigenvalue weighted by atomic mass is 127. The van der Waals surface area contributed by atoms with E-state index in [0.717, 1.165) is 2.88 Å². The van der Waals surface area contributed by atoms with Crippen LogP contribution in [0, 0.1) is 15.2 Å². The summed E-state index contributed by atoms with van der Waals surface area (Å²) < 4.78 is 1.09. The van der Waals surface area contributed by atoms with Gasteiger partial charge < -0.3 is 5.32 Å². The Labute approximate surface area is 101 Å². The minimum absolute atomic E-state index is 0.118. The minimum atomic E-state index is -0.593. The normalized spacial score (nSPS) is 10.7. The van der Waals surface area contributed by atoms with Crippen molar-refractivity contribution in [3.8, 4) is 12.3 Å². The van der Waals surface area contributed by atoms with Gasteiger partial charge in [0.1, 0.15) is 0 Å². The number of carbonyl (C=O) groups excluding carboxylic acids is 1. The maximum absolute atomic E-state index is 11.6. The van der Waals surface area contributed by atoms with Crippen molar-refractivity contribution in [1.29, 1.82) is 0 Å². The van der Waals surface area contributed by atoms with E-state index in [4.69, 9.17) is 6.42 Å². The molecule has 0 fully saturated rings. The first kappa shape index (κ1) is 11.5. The molecule has 74 valence electrons. The van der Waals surface area contributed by atoms with Crippen molar-refractivity contribution in [3.05, 3.63) is 19.9 Å². The molecule has 0 atom stereocenters. The predicted molar refractivity (Wildman–Crippen MR) is 67.4 cm³/mol. The topological polar surface area (TPSA) is 29.1 Å². The second-order valence-corrected chi connectivity index (χ2v) is 6.17. The number of rotatable bonds is 2. The fraction of sp³-hybridized carbons (Fsp3) is 0.300. The van der Waals surface area contributed by atoms with Crippen molar-refractivity contribution < 1.29 is 4.79 Å². The molecule has 1 N–H and O–H groups in total.